The molecule has 19 heavy (non-hydrogen) atoms. The molecular formula is C12H16BrN5O. The normalized spacial score (nSPS) is 12.4. The minimum absolute atomic E-state index is 0.0750. The molecule has 7 heteroatoms. The lowest BCUT2D eigenvalue weighted by Crippen LogP contribution is -2.31. The maximum Gasteiger partial charge on any atom is 0.242 e. The Hall–Kier alpha value is -1.63. The van der Waals surface area contributed by atoms with Crippen molar-refractivity contribution in [1.82, 2.24) is 24.9 Å². The summed E-state index contributed by atoms with van der Waals surface area (Å²) in [5.74, 6) is -0.0769. The minimum atomic E-state index is -0.0769. The molecular weight excluding hydrogens is 310 g/mol. The van der Waals surface area contributed by atoms with E-state index in [-0.39, 0.29) is 18.5 Å². The molecule has 0 aromatic carbocycles. The van der Waals surface area contributed by atoms with Crippen LogP contribution in [0.4, 0.5) is 0 Å². The summed E-state index contributed by atoms with van der Waals surface area (Å²) in [6, 6.07) is 1.84. The largest absolute Gasteiger partial charge is 0.346 e. The summed E-state index contributed by atoms with van der Waals surface area (Å²) < 4.78 is 4.32. The third-order valence-corrected chi connectivity index (χ3v) is 3.19. The number of amides is 1. The highest BCUT2D eigenvalue weighted by molar-refractivity contribution is 9.10. The molecule has 0 saturated carbocycles. The Morgan fingerprint density at radius 3 is 2.95 bits per heavy atom. The fourth-order valence-electron chi connectivity index (χ4n) is 1.91. The van der Waals surface area contributed by atoms with Gasteiger partial charge in [-0.2, -0.15) is 10.2 Å². The second kappa shape index (κ2) is 6.01. The van der Waals surface area contributed by atoms with Crippen LogP contribution < -0.4 is 5.32 Å². The van der Waals surface area contributed by atoms with E-state index in [2.05, 4.69) is 31.4 Å². The Morgan fingerprint density at radius 2 is 2.32 bits per heavy atom. The van der Waals surface area contributed by atoms with E-state index in [1.165, 1.54) is 0 Å². The van der Waals surface area contributed by atoms with Gasteiger partial charge in [-0.05, 0) is 35.8 Å². The van der Waals surface area contributed by atoms with Gasteiger partial charge < -0.3 is 5.32 Å². The molecule has 2 heterocycles. The Bertz CT molecular complexity index is 562. The van der Waals surface area contributed by atoms with Gasteiger partial charge in [0.2, 0.25) is 5.91 Å². The van der Waals surface area contributed by atoms with Gasteiger partial charge in [-0.15, -0.1) is 0 Å². The molecule has 0 saturated heterocycles. The molecule has 0 aliphatic carbocycles. The average Bonchev–Trinajstić information content (AvgIpc) is 2.97. The third kappa shape index (κ3) is 3.44. The van der Waals surface area contributed by atoms with Crippen LogP contribution in [0.1, 0.15) is 25.6 Å². The standard InChI is InChI=1S/C12H16BrN5O/c1-3-18-11(4-5-14-18)9(2)16-12(19)8-17-7-10(13)6-15-17/h4-7,9H,3,8H2,1-2H3,(H,16,19). The molecule has 2 aromatic heterocycles. The highest BCUT2D eigenvalue weighted by Crippen LogP contribution is 2.11. The summed E-state index contributed by atoms with van der Waals surface area (Å²) in [6.45, 7) is 4.96. The molecule has 1 atom stereocenters. The number of nitrogens with zero attached hydrogens (tertiary/aromatic N) is 4. The van der Waals surface area contributed by atoms with Crippen LogP contribution in [0, 0.1) is 0 Å². The molecule has 0 bridgehead atoms. The minimum Gasteiger partial charge on any atom is -0.346 e. The predicted molar refractivity (Wildman–Crippen MR) is 74.4 cm³/mol. The summed E-state index contributed by atoms with van der Waals surface area (Å²) in [6.07, 6.45) is 5.16. The van der Waals surface area contributed by atoms with Crippen molar-refractivity contribution in [3.63, 3.8) is 0 Å². The first kappa shape index (κ1) is 13.8. The summed E-state index contributed by atoms with van der Waals surface area (Å²) in [7, 11) is 0. The van der Waals surface area contributed by atoms with Gasteiger partial charge in [0.25, 0.3) is 0 Å². The quantitative estimate of drug-likeness (QED) is 0.910. The van der Waals surface area contributed by atoms with Crippen molar-refractivity contribution in [3.05, 3.63) is 34.8 Å². The van der Waals surface area contributed by atoms with Crippen molar-refractivity contribution in [1.29, 1.82) is 0 Å². The van der Waals surface area contributed by atoms with Gasteiger partial charge in [0.1, 0.15) is 6.54 Å². The number of rotatable bonds is 5. The van der Waals surface area contributed by atoms with E-state index in [1.807, 2.05) is 24.6 Å². The molecule has 1 amide bonds. The summed E-state index contributed by atoms with van der Waals surface area (Å²) in [4.78, 5) is 11.9. The van der Waals surface area contributed by atoms with Gasteiger partial charge in [0.15, 0.2) is 0 Å². The molecule has 0 spiro atoms. The number of aryl methyl sites for hydroxylation is 1. The van der Waals surface area contributed by atoms with E-state index >= 15 is 0 Å². The number of carbonyl (C=O) groups excluding carboxylic acids is 1. The SMILES string of the molecule is CCn1nccc1C(C)NC(=O)Cn1cc(Br)cn1. The van der Waals surface area contributed by atoms with Crippen molar-refractivity contribution < 1.29 is 4.79 Å². The fourth-order valence-corrected chi connectivity index (χ4v) is 2.24. The average molecular weight is 326 g/mol. The zero-order valence-electron chi connectivity index (χ0n) is 10.9. The smallest absolute Gasteiger partial charge is 0.242 e. The van der Waals surface area contributed by atoms with Crippen LogP contribution in [0.15, 0.2) is 29.1 Å². The number of hydrogen-bond acceptors (Lipinski definition) is 3. The Morgan fingerprint density at radius 1 is 1.53 bits per heavy atom. The van der Waals surface area contributed by atoms with Gasteiger partial charge in [-0.3, -0.25) is 14.2 Å². The Balaban J connectivity index is 1.95. The number of nitrogens with one attached hydrogen (secondary N) is 1. The van der Waals surface area contributed by atoms with E-state index in [4.69, 9.17) is 0 Å². The van der Waals surface area contributed by atoms with E-state index in [9.17, 15) is 4.79 Å². The van der Waals surface area contributed by atoms with E-state index in [0.717, 1.165) is 16.7 Å². The molecule has 1 unspecified atom stereocenters. The predicted octanol–water partition coefficient (Wildman–Crippen LogP) is 1.74. The second-order valence-corrected chi connectivity index (χ2v) is 5.13. The first-order chi connectivity index (χ1) is 9.10. The Labute approximate surface area is 119 Å². The van der Waals surface area contributed by atoms with E-state index in [1.54, 1.807) is 23.3 Å². The molecule has 2 aromatic rings. The van der Waals surface area contributed by atoms with Gasteiger partial charge >= 0.3 is 0 Å². The van der Waals surface area contributed by atoms with Crippen molar-refractivity contribution in [2.24, 2.45) is 0 Å². The highest BCUT2D eigenvalue weighted by Gasteiger charge is 2.13. The van der Waals surface area contributed by atoms with Crippen LogP contribution >= 0.6 is 15.9 Å². The van der Waals surface area contributed by atoms with Crippen LogP contribution in [-0.4, -0.2) is 25.5 Å². The number of hydrogen-bond donors (Lipinski definition) is 1. The highest BCUT2D eigenvalue weighted by atomic mass is 79.9. The van der Waals surface area contributed by atoms with Crippen LogP contribution in [-0.2, 0) is 17.9 Å². The maximum absolute atomic E-state index is 11.9. The molecule has 102 valence electrons. The molecule has 0 aliphatic rings. The summed E-state index contributed by atoms with van der Waals surface area (Å²) in [5, 5.41) is 11.2. The number of halogens is 1. The lowest BCUT2D eigenvalue weighted by molar-refractivity contribution is -0.122. The second-order valence-electron chi connectivity index (χ2n) is 4.22. The van der Waals surface area contributed by atoms with Crippen LogP contribution in [0.25, 0.3) is 0 Å². The zero-order valence-corrected chi connectivity index (χ0v) is 12.5. The van der Waals surface area contributed by atoms with E-state index < -0.39 is 0 Å². The summed E-state index contributed by atoms with van der Waals surface area (Å²) >= 11 is 3.30. The maximum atomic E-state index is 11.9. The first-order valence-electron chi connectivity index (χ1n) is 6.09. The Kier molecular flexibility index (Phi) is 4.36. The van der Waals surface area contributed by atoms with Crippen molar-refractivity contribution in [2.45, 2.75) is 33.0 Å². The van der Waals surface area contributed by atoms with Crippen LogP contribution in [0.3, 0.4) is 0 Å². The van der Waals surface area contributed by atoms with Gasteiger partial charge in [0.05, 0.1) is 22.4 Å². The molecule has 0 radical (unpaired) electrons. The first-order valence-corrected chi connectivity index (χ1v) is 6.88. The van der Waals surface area contributed by atoms with Crippen molar-refractivity contribution >= 4 is 21.8 Å². The monoisotopic (exact) mass is 325 g/mol. The topological polar surface area (TPSA) is 64.7 Å². The van der Waals surface area contributed by atoms with Gasteiger partial charge in [-0.1, -0.05) is 0 Å². The summed E-state index contributed by atoms with van der Waals surface area (Å²) in [5.41, 5.74) is 0.998. The number of carbonyl (C=O) groups is 1. The fraction of sp³-hybridized carbons (Fsp3) is 0.417. The zero-order chi connectivity index (χ0) is 13.8. The molecule has 6 nitrogen and oxygen atoms in total. The molecule has 0 fully saturated rings. The van der Waals surface area contributed by atoms with Gasteiger partial charge in [0, 0.05) is 18.9 Å². The third-order valence-electron chi connectivity index (χ3n) is 2.78. The van der Waals surface area contributed by atoms with Gasteiger partial charge in [-0.25, -0.2) is 0 Å². The van der Waals surface area contributed by atoms with Crippen LogP contribution in [0.5, 0.6) is 0 Å². The lowest BCUT2D eigenvalue weighted by atomic mass is 10.2. The molecule has 1 N–H and O–H groups in total. The van der Waals surface area contributed by atoms with Crippen LogP contribution in [0.2, 0.25) is 0 Å². The van der Waals surface area contributed by atoms with Crippen molar-refractivity contribution in [2.75, 3.05) is 0 Å². The van der Waals surface area contributed by atoms with Crippen molar-refractivity contribution in [3.8, 4) is 0 Å². The number of aromatic nitrogens is 4. The molecule has 0 aliphatic heterocycles. The molecule has 2 rings (SSSR count). The lowest BCUT2D eigenvalue weighted by Gasteiger charge is -2.15. The van der Waals surface area contributed by atoms with E-state index in [0.29, 0.717) is 0 Å².